The van der Waals surface area contributed by atoms with E-state index in [1.165, 1.54) is 11.8 Å². The normalized spacial score (nSPS) is 20.8. The number of likely N-dealkylation sites (tertiary alicyclic amines) is 1. The van der Waals surface area contributed by atoms with E-state index in [1.54, 1.807) is 7.11 Å². The first-order chi connectivity index (χ1) is 8.94. The Balaban J connectivity index is 1.89. The van der Waals surface area contributed by atoms with Crippen LogP contribution in [0.25, 0.3) is 0 Å². The molecule has 1 aliphatic rings. The summed E-state index contributed by atoms with van der Waals surface area (Å²) in [4.78, 5) is 14.2. The maximum atomic E-state index is 12.2. The highest BCUT2D eigenvalue weighted by atomic mass is 32.2. The molecule has 1 unspecified atom stereocenters. The van der Waals surface area contributed by atoms with Crippen molar-refractivity contribution in [3.05, 3.63) is 29.8 Å². The summed E-state index contributed by atoms with van der Waals surface area (Å²) >= 11 is 1.38. The molecule has 1 aromatic rings. The van der Waals surface area contributed by atoms with E-state index in [2.05, 4.69) is 20.8 Å². The van der Waals surface area contributed by atoms with Gasteiger partial charge in [-0.3, -0.25) is 4.79 Å². The van der Waals surface area contributed by atoms with Gasteiger partial charge in [-0.15, -0.1) is 0 Å². The van der Waals surface area contributed by atoms with Crippen LogP contribution in [-0.2, 0) is 5.75 Å². The Morgan fingerprint density at radius 1 is 1.42 bits per heavy atom. The van der Waals surface area contributed by atoms with E-state index < -0.39 is 0 Å². The Morgan fingerprint density at radius 2 is 2.05 bits per heavy atom. The molecule has 1 saturated heterocycles. The number of amides is 1. The van der Waals surface area contributed by atoms with Gasteiger partial charge in [-0.2, -0.15) is 0 Å². The number of carbonyl (C=O) groups excluding carboxylic acids is 1. The lowest BCUT2D eigenvalue weighted by atomic mass is 9.83. The Morgan fingerprint density at radius 3 is 2.53 bits per heavy atom. The van der Waals surface area contributed by atoms with Crippen molar-refractivity contribution in [3.8, 4) is 5.75 Å². The van der Waals surface area contributed by atoms with Gasteiger partial charge in [0.2, 0.25) is 0 Å². The number of thioether (sulfide) groups is 1. The minimum absolute atomic E-state index is 0.0173. The molecular formula is C15H21NO2S. The highest BCUT2D eigenvalue weighted by Crippen LogP contribution is 2.38. The molecule has 0 saturated carbocycles. The SMILES string of the molecule is COc1ccc(CSC(=O)N2C(C)CC2(C)C)cc1. The van der Waals surface area contributed by atoms with Crippen molar-refractivity contribution in [2.45, 2.75) is 44.5 Å². The monoisotopic (exact) mass is 279 g/mol. The lowest BCUT2D eigenvalue weighted by Gasteiger charge is -2.53. The molecule has 1 amide bonds. The molecule has 4 heteroatoms. The van der Waals surface area contributed by atoms with Crippen molar-refractivity contribution >= 4 is 17.0 Å². The van der Waals surface area contributed by atoms with E-state index in [9.17, 15) is 4.79 Å². The molecule has 3 nitrogen and oxygen atoms in total. The number of carbonyl (C=O) groups is 1. The van der Waals surface area contributed by atoms with Gasteiger partial charge in [0, 0.05) is 17.3 Å². The van der Waals surface area contributed by atoms with Crippen molar-refractivity contribution in [3.63, 3.8) is 0 Å². The van der Waals surface area contributed by atoms with Crippen LogP contribution in [0.4, 0.5) is 4.79 Å². The number of ether oxygens (including phenoxy) is 1. The first-order valence-corrected chi connectivity index (χ1v) is 7.51. The number of hydrogen-bond acceptors (Lipinski definition) is 3. The zero-order chi connectivity index (χ0) is 14.0. The van der Waals surface area contributed by atoms with Crippen molar-refractivity contribution in [2.75, 3.05) is 7.11 Å². The predicted molar refractivity (Wildman–Crippen MR) is 79.7 cm³/mol. The molecule has 0 bridgehead atoms. The van der Waals surface area contributed by atoms with Gasteiger partial charge >= 0.3 is 0 Å². The van der Waals surface area contributed by atoms with Crippen LogP contribution in [0.5, 0.6) is 5.75 Å². The summed E-state index contributed by atoms with van der Waals surface area (Å²) in [6.45, 7) is 6.36. The summed E-state index contributed by atoms with van der Waals surface area (Å²) in [7, 11) is 1.65. The third-order valence-corrected chi connectivity index (χ3v) is 4.53. The van der Waals surface area contributed by atoms with Crippen molar-refractivity contribution in [1.29, 1.82) is 0 Å². The molecule has 0 spiro atoms. The summed E-state index contributed by atoms with van der Waals surface area (Å²) in [6.07, 6.45) is 1.09. The second-order valence-corrected chi connectivity index (χ2v) is 6.56. The van der Waals surface area contributed by atoms with Gasteiger partial charge in [-0.05, 0) is 44.9 Å². The molecule has 1 aromatic carbocycles. The van der Waals surface area contributed by atoms with E-state index >= 15 is 0 Å². The summed E-state index contributed by atoms with van der Waals surface area (Å²) in [6, 6.07) is 8.23. The van der Waals surface area contributed by atoms with Crippen molar-refractivity contribution in [1.82, 2.24) is 4.90 Å². The summed E-state index contributed by atoms with van der Waals surface area (Å²) in [5.74, 6) is 1.56. The summed E-state index contributed by atoms with van der Waals surface area (Å²) < 4.78 is 5.12. The van der Waals surface area contributed by atoms with E-state index in [-0.39, 0.29) is 10.8 Å². The van der Waals surface area contributed by atoms with Crippen LogP contribution in [-0.4, -0.2) is 28.8 Å². The molecule has 0 N–H and O–H groups in total. The minimum Gasteiger partial charge on any atom is -0.497 e. The zero-order valence-electron chi connectivity index (χ0n) is 12.0. The summed E-state index contributed by atoms with van der Waals surface area (Å²) in [5, 5.41) is 0.180. The fourth-order valence-electron chi connectivity index (χ4n) is 2.76. The Labute approximate surface area is 119 Å². The number of methoxy groups -OCH3 is 1. The van der Waals surface area contributed by atoms with Crippen LogP contribution in [0.1, 0.15) is 32.8 Å². The molecule has 0 radical (unpaired) electrons. The van der Waals surface area contributed by atoms with Crippen LogP contribution in [0.3, 0.4) is 0 Å². The molecule has 1 atom stereocenters. The molecule has 1 fully saturated rings. The van der Waals surface area contributed by atoms with Gasteiger partial charge in [0.25, 0.3) is 5.24 Å². The lowest BCUT2D eigenvalue weighted by molar-refractivity contribution is 0.0135. The molecule has 19 heavy (non-hydrogen) atoms. The number of benzene rings is 1. The average molecular weight is 279 g/mol. The standard InChI is InChI=1S/C15H21NO2S/c1-11-9-15(2,3)16(11)14(17)19-10-12-5-7-13(18-4)8-6-12/h5-8,11H,9-10H2,1-4H3. The van der Waals surface area contributed by atoms with Crippen LogP contribution >= 0.6 is 11.8 Å². The molecule has 0 aromatic heterocycles. The van der Waals surface area contributed by atoms with Gasteiger partial charge in [-0.25, -0.2) is 0 Å². The summed E-state index contributed by atoms with van der Waals surface area (Å²) in [5.41, 5.74) is 1.16. The van der Waals surface area contributed by atoms with E-state index in [1.807, 2.05) is 29.2 Å². The molecule has 1 heterocycles. The smallest absolute Gasteiger partial charge is 0.282 e. The Kier molecular flexibility index (Phi) is 4.09. The lowest BCUT2D eigenvalue weighted by Crippen LogP contribution is -2.62. The molecular weight excluding hydrogens is 258 g/mol. The van der Waals surface area contributed by atoms with Crippen LogP contribution in [0.2, 0.25) is 0 Å². The number of rotatable bonds is 3. The second kappa shape index (κ2) is 5.45. The second-order valence-electron chi connectivity index (χ2n) is 5.64. The van der Waals surface area contributed by atoms with E-state index in [4.69, 9.17) is 4.74 Å². The van der Waals surface area contributed by atoms with Gasteiger partial charge in [0.1, 0.15) is 5.75 Å². The average Bonchev–Trinajstić information content (AvgIpc) is 2.35. The molecule has 2 rings (SSSR count). The maximum Gasteiger partial charge on any atom is 0.282 e. The van der Waals surface area contributed by atoms with E-state index in [0.717, 1.165) is 17.7 Å². The van der Waals surface area contributed by atoms with Crippen molar-refractivity contribution < 1.29 is 9.53 Å². The fraction of sp³-hybridized carbons (Fsp3) is 0.533. The third kappa shape index (κ3) is 3.06. The van der Waals surface area contributed by atoms with Crippen LogP contribution < -0.4 is 4.74 Å². The third-order valence-electron chi connectivity index (χ3n) is 3.61. The first-order valence-electron chi connectivity index (χ1n) is 6.53. The van der Waals surface area contributed by atoms with Gasteiger partial charge in [0.15, 0.2) is 0 Å². The minimum atomic E-state index is 0.0173. The highest BCUT2D eigenvalue weighted by Gasteiger charge is 2.45. The number of hydrogen-bond donors (Lipinski definition) is 0. The van der Waals surface area contributed by atoms with Gasteiger partial charge in [0.05, 0.1) is 7.11 Å². The maximum absolute atomic E-state index is 12.2. The van der Waals surface area contributed by atoms with Gasteiger partial charge < -0.3 is 9.64 Å². The zero-order valence-corrected chi connectivity index (χ0v) is 12.8. The van der Waals surface area contributed by atoms with Gasteiger partial charge in [-0.1, -0.05) is 23.9 Å². The predicted octanol–water partition coefficient (Wildman–Crippen LogP) is 3.92. The van der Waals surface area contributed by atoms with Crippen molar-refractivity contribution in [2.24, 2.45) is 0 Å². The molecule has 104 valence electrons. The Hall–Kier alpha value is -1.16. The largest absolute Gasteiger partial charge is 0.497 e. The topological polar surface area (TPSA) is 29.5 Å². The Bertz CT molecular complexity index is 456. The van der Waals surface area contributed by atoms with E-state index in [0.29, 0.717) is 11.8 Å². The highest BCUT2D eigenvalue weighted by molar-refractivity contribution is 8.12. The van der Waals surface area contributed by atoms with Crippen LogP contribution in [0.15, 0.2) is 24.3 Å². The number of nitrogens with zero attached hydrogens (tertiary/aromatic N) is 1. The first kappa shape index (κ1) is 14.3. The molecule has 1 aliphatic heterocycles. The quantitative estimate of drug-likeness (QED) is 0.840. The fourth-order valence-corrected chi connectivity index (χ4v) is 3.81. The molecule has 0 aliphatic carbocycles. The van der Waals surface area contributed by atoms with Crippen LogP contribution in [0, 0.1) is 0 Å².